The van der Waals surface area contributed by atoms with E-state index < -0.39 is 10.1 Å². The van der Waals surface area contributed by atoms with E-state index in [9.17, 15) is 8.42 Å². The van der Waals surface area contributed by atoms with E-state index in [1.165, 1.54) is 51.4 Å². The molecule has 128 valence electrons. The number of hydrogen-bond acceptors (Lipinski definition) is 2. The lowest BCUT2D eigenvalue weighted by atomic mass is 10.1. The van der Waals surface area contributed by atoms with Crippen molar-refractivity contribution < 1.29 is 17.5 Å². The zero-order chi connectivity index (χ0) is 16.2. The summed E-state index contributed by atoms with van der Waals surface area (Å²) in [6.45, 7) is 7.52. The summed E-state index contributed by atoms with van der Waals surface area (Å²) in [4.78, 5) is 0. The van der Waals surface area contributed by atoms with Crippen LogP contribution in [-0.2, 0) is 10.1 Å². The fourth-order valence-corrected chi connectivity index (χ4v) is 3.30. The molecule has 0 unspecified atom stereocenters. The van der Waals surface area contributed by atoms with Crippen LogP contribution in [0.1, 0.15) is 71.6 Å². The van der Waals surface area contributed by atoms with Crippen LogP contribution in [0, 0.1) is 0 Å². The van der Waals surface area contributed by atoms with Gasteiger partial charge in [0.15, 0.2) is 0 Å². The maximum atomic E-state index is 10.9. The molecule has 0 aromatic rings. The van der Waals surface area contributed by atoms with Gasteiger partial charge in [-0.15, -0.1) is 0 Å². The number of hydrogen-bond donors (Lipinski definition) is 1. The molecule has 0 radical (unpaired) electrons. The Balaban J connectivity index is 4.22. The summed E-state index contributed by atoms with van der Waals surface area (Å²) < 4.78 is 31.5. The second-order valence-electron chi connectivity index (χ2n) is 6.55. The molecule has 5 heteroatoms. The summed E-state index contributed by atoms with van der Waals surface area (Å²) in [6, 6.07) is 0. The molecule has 21 heavy (non-hydrogen) atoms. The van der Waals surface area contributed by atoms with Crippen LogP contribution in [0.5, 0.6) is 0 Å². The minimum absolute atomic E-state index is 0.106. The van der Waals surface area contributed by atoms with Crippen LogP contribution in [0.2, 0.25) is 0 Å². The van der Waals surface area contributed by atoms with E-state index in [1.54, 1.807) is 0 Å². The van der Waals surface area contributed by atoms with Crippen LogP contribution in [0.15, 0.2) is 0 Å². The van der Waals surface area contributed by atoms with Gasteiger partial charge in [0.2, 0.25) is 0 Å². The van der Waals surface area contributed by atoms with E-state index >= 15 is 0 Å². The molecule has 0 aliphatic carbocycles. The van der Waals surface area contributed by atoms with Gasteiger partial charge < -0.3 is 4.48 Å². The Kier molecular flexibility index (Phi) is 11.4. The SMILES string of the molecule is CCCCCC[N+](C)(CCCCCC)CCCS(=O)(=O)O. The van der Waals surface area contributed by atoms with Crippen molar-refractivity contribution in [2.24, 2.45) is 0 Å². The van der Waals surface area contributed by atoms with Gasteiger partial charge in [-0.05, 0) is 25.7 Å². The zero-order valence-corrected chi connectivity index (χ0v) is 15.1. The average Bonchev–Trinajstić information content (AvgIpc) is 2.39. The zero-order valence-electron chi connectivity index (χ0n) is 14.3. The van der Waals surface area contributed by atoms with Crippen LogP contribution >= 0.6 is 0 Å². The van der Waals surface area contributed by atoms with Gasteiger partial charge >= 0.3 is 0 Å². The molecule has 0 saturated carbocycles. The fraction of sp³-hybridized carbons (Fsp3) is 1.00. The summed E-state index contributed by atoms with van der Waals surface area (Å²) >= 11 is 0. The summed E-state index contributed by atoms with van der Waals surface area (Å²) in [5, 5.41) is 0. The first-order valence-electron chi connectivity index (χ1n) is 8.61. The highest BCUT2D eigenvalue weighted by molar-refractivity contribution is 7.85. The summed E-state index contributed by atoms with van der Waals surface area (Å²) in [5.74, 6) is -0.106. The van der Waals surface area contributed by atoms with Crippen molar-refractivity contribution in [2.75, 3.05) is 32.4 Å². The summed E-state index contributed by atoms with van der Waals surface area (Å²) in [6.07, 6.45) is 10.5. The Hall–Kier alpha value is -0.130. The molecule has 0 bridgehead atoms. The Bertz CT molecular complexity index is 329. The molecule has 0 aromatic carbocycles. The maximum absolute atomic E-state index is 10.9. The van der Waals surface area contributed by atoms with Crippen molar-refractivity contribution in [2.45, 2.75) is 71.6 Å². The lowest BCUT2D eigenvalue weighted by Crippen LogP contribution is -2.46. The van der Waals surface area contributed by atoms with E-state index in [2.05, 4.69) is 20.9 Å². The van der Waals surface area contributed by atoms with Crippen LogP contribution in [0.4, 0.5) is 0 Å². The highest BCUT2D eigenvalue weighted by atomic mass is 32.2. The third-order valence-electron chi connectivity index (χ3n) is 4.20. The number of quaternary nitrogens is 1. The van der Waals surface area contributed by atoms with Crippen LogP contribution < -0.4 is 0 Å². The number of rotatable bonds is 14. The largest absolute Gasteiger partial charge is 0.326 e. The number of nitrogens with zero attached hydrogens (tertiary/aromatic N) is 1. The quantitative estimate of drug-likeness (QED) is 0.300. The molecule has 0 heterocycles. The van der Waals surface area contributed by atoms with Gasteiger partial charge in [0, 0.05) is 6.42 Å². The molecular formula is C16H36NO3S+. The van der Waals surface area contributed by atoms with Gasteiger partial charge in [0.25, 0.3) is 10.1 Å². The van der Waals surface area contributed by atoms with Crippen molar-refractivity contribution >= 4 is 10.1 Å². The molecular weight excluding hydrogens is 286 g/mol. The van der Waals surface area contributed by atoms with E-state index in [0.29, 0.717) is 6.42 Å². The molecule has 0 aliphatic heterocycles. The molecule has 0 saturated heterocycles. The fourth-order valence-electron chi connectivity index (χ4n) is 2.80. The predicted molar refractivity (Wildman–Crippen MR) is 90.1 cm³/mol. The average molecular weight is 323 g/mol. The van der Waals surface area contributed by atoms with E-state index in [-0.39, 0.29) is 5.75 Å². The van der Waals surface area contributed by atoms with Gasteiger partial charge in [0.1, 0.15) is 0 Å². The monoisotopic (exact) mass is 322 g/mol. The lowest BCUT2D eigenvalue weighted by molar-refractivity contribution is -0.910. The van der Waals surface area contributed by atoms with E-state index in [1.807, 2.05) is 0 Å². The van der Waals surface area contributed by atoms with Crippen molar-refractivity contribution in [3.8, 4) is 0 Å². The molecule has 1 N–H and O–H groups in total. The Morgan fingerprint density at radius 2 is 1.19 bits per heavy atom. The Morgan fingerprint density at radius 3 is 1.57 bits per heavy atom. The van der Waals surface area contributed by atoms with Crippen LogP contribution in [-0.4, -0.2) is 49.9 Å². The lowest BCUT2D eigenvalue weighted by Gasteiger charge is -2.35. The minimum atomic E-state index is -3.81. The molecule has 0 rings (SSSR count). The highest BCUT2D eigenvalue weighted by Crippen LogP contribution is 2.13. The third kappa shape index (κ3) is 13.3. The molecule has 0 fully saturated rings. The van der Waals surface area contributed by atoms with Crippen molar-refractivity contribution in [3.05, 3.63) is 0 Å². The topological polar surface area (TPSA) is 54.4 Å². The molecule has 0 aliphatic rings. The molecule has 0 aromatic heterocycles. The smallest absolute Gasteiger partial charge is 0.265 e. The molecule has 0 spiro atoms. The van der Waals surface area contributed by atoms with Gasteiger partial charge in [0.05, 0.1) is 32.4 Å². The molecule has 0 atom stereocenters. The van der Waals surface area contributed by atoms with Gasteiger partial charge in [-0.3, -0.25) is 4.55 Å². The molecule has 4 nitrogen and oxygen atoms in total. The first kappa shape index (κ1) is 20.9. The first-order chi connectivity index (χ1) is 9.83. The van der Waals surface area contributed by atoms with Gasteiger partial charge in [-0.2, -0.15) is 8.42 Å². The Morgan fingerprint density at radius 1 is 0.762 bits per heavy atom. The van der Waals surface area contributed by atoms with Crippen LogP contribution in [0.3, 0.4) is 0 Å². The number of unbranched alkanes of at least 4 members (excludes halogenated alkanes) is 6. The summed E-state index contributed by atoms with van der Waals surface area (Å²) in [7, 11) is -1.58. The first-order valence-corrected chi connectivity index (χ1v) is 10.2. The van der Waals surface area contributed by atoms with E-state index in [4.69, 9.17) is 4.55 Å². The van der Waals surface area contributed by atoms with Crippen molar-refractivity contribution in [1.82, 2.24) is 0 Å². The molecule has 0 amide bonds. The normalized spacial score (nSPS) is 12.8. The van der Waals surface area contributed by atoms with Gasteiger partial charge in [-0.1, -0.05) is 39.5 Å². The second-order valence-corrected chi connectivity index (χ2v) is 8.12. The third-order valence-corrected chi connectivity index (χ3v) is 5.01. The Labute approximate surface area is 132 Å². The van der Waals surface area contributed by atoms with Crippen molar-refractivity contribution in [1.29, 1.82) is 0 Å². The van der Waals surface area contributed by atoms with Crippen molar-refractivity contribution in [3.63, 3.8) is 0 Å². The predicted octanol–water partition coefficient (Wildman–Crippen LogP) is 3.87. The minimum Gasteiger partial charge on any atom is -0.326 e. The van der Waals surface area contributed by atoms with Gasteiger partial charge in [-0.25, -0.2) is 0 Å². The van der Waals surface area contributed by atoms with E-state index in [0.717, 1.165) is 24.1 Å². The standard InChI is InChI=1S/C16H35NO3S/c1-4-6-8-10-13-17(3,14-11-9-7-5-2)15-12-16-21(18,19)20/h4-16H2,1-3H3/p+1. The maximum Gasteiger partial charge on any atom is 0.265 e. The second kappa shape index (κ2) is 11.4. The highest BCUT2D eigenvalue weighted by Gasteiger charge is 2.21. The van der Waals surface area contributed by atoms with Crippen LogP contribution in [0.25, 0.3) is 0 Å². The summed E-state index contributed by atoms with van der Waals surface area (Å²) in [5.41, 5.74) is 0.